The molecule has 0 saturated carbocycles. The molecule has 0 unspecified atom stereocenters. The van der Waals surface area contributed by atoms with E-state index in [0.717, 1.165) is 22.2 Å². The number of ether oxygens (including phenoxy) is 2. The van der Waals surface area contributed by atoms with Crippen LogP contribution in [0.1, 0.15) is 25.0 Å². The number of carbonyl (C=O) groups excluding carboxylic acids is 3. The maximum atomic E-state index is 12.9. The van der Waals surface area contributed by atoms with Crippen LogP contribution in [0.2, 0.25) is 5.02 Å². The van der Waals surface area contributed by atoms with Crippen molar-refractivity contribution in [3.05, 3.63) is 70.1 Å². The first-order valence-corrected chi connectivity index (χ1v) is 11.9. The molecule has 0 radical (unpaired) electrons. The minimum Gasteiger partial charge on any atom is -0.490 e. The van der Waals surface area contributed by atoms with Crippen molar-refractivity contribution in [2.45, 2.75) is 20.3 Å². The van der Waals surface area contributed by atoms with E-state index >= 15 is 0 Å². The molecule has 0 aliphatic carbocycles. The van der Waals surface area contributed by atoms with Crippen LogP contribution in [0, 0.1) is 0 Å². The van der Waals surface area contributed by atoms with Crippen LogP contribution < -0.4 is 14.8 Å². The number of thioether (sulfide) groups is 1. The second-order valence-corrected chi connectivity index (χ2v) is 8.56. The molecule has 0 spiro atoms. The highest BCUT2D eigenvalue weighted by atomic mass is 35.5. The molecule has 1 fully saturated rings. The Morgan fingerprint density at radius 1 is 1.18 bits per heavy atom. The molecular formula is C25H25ClN2O5S. The quantitative estimate of drug-likeness (QED) is 0.340. The summed E-state index contributed by atoms with van der Waals surface area (Å²) in [5.74, 6) is 0.116. The molecule has 3 amide bonds. The number of amides is 3. The summed E-state index contributed by atoms with van der Waals surface area (Å²) in [6.07, 6.45) is 3.91. The summed E-state index contributed by atoms with van der Waals surface area (Å²) in [5.41, 5.74) is 1.94. The Kier molecular flexibility index (Phi) is 8.79. The van der Waals surface area contributed by atoms with E-state index in [0.29, 0.717) is 47.4 Å². The van der Waals surface area contributed by atoms with Gasteiger partial charge in [0.1, 0.15) is 6.54 Å². The van der Waals surface area contributed by atoms with Crippen molar-refractivity contribution in [3.63, 3.8) is 0 Å². The summed E-state index contributed by atoms with van der Waals surface area (Å²) < 4.78 is 11.5. The number of halogens is 1. The molecule has 0 aromatic heterocycles. The van der Waals surface area contributed by atoms with Crippen LogP contribution in [0.25, 0.3) is 6.08 Å². The lowest BCUT2D eigenvalue weighted by Crippen LogP contribution is -2.36. The van der Waals surface area contributed by atoms with Gasteiger partial charge in [0, 0.05) is 5.56 Å². The molecule has 1 heterocycles. The third kappa shape index (κ3) is 6.01. The Morgan fingerprint density at radius 2 is 1.91 bits per heavy atom. The predicted octanol–water partition coefficient (Wildman–Crippen LogP) is 5.54. The summed E-state index contributed by atoms with van der Waals surface area (Å²) in [7, 11) is 0. The SMILES string of the molecule is C=CCc1cc(/C=C2/SC(=O)N(CC(=O)Nc3ccccc3Cl)C2=O)cc(OCC)c1OCC. The van der Waals surface area contributed by atoms with Crippen molar-refractivity contribution < 1.29 is 23.9 Å². The van der Waals surface area contributed by atoms with Crippen molar-refractivity contribution in [2.75, 3.05) is 25.1 Å². The molecule has 2 aromatic carbocycles. The molecule has 1 N–H and O–H groups in total. The van der Waals surface area contributed by atoms with Crippen molar-refractivity contribution >= 4 is 52.2 Å². The lowest BCUT2D eigenvalue weighted by atomic mass is 10.0. The van der Waals surface area contributed by atoms with E-state index in [4.69, 9.17) is 21.1 Å². The lowest BCUT2D eigenvalue weighted by molar-refractivity contribution is -0.127. The van der Waals surface area contributed by atoms with Crippen molar-refractivity contribution in [1.82, 2.24) is 4.90 Å². The van der Waals surface area contributed by atoms with Crippen molar-refractivity contribution in [2.24, 2.45) is 0 Å². The molecule has 3 rings (SSSR count). The standard InChI is InChI=1S/C25H25ClN2O5S/c1-4-9-17-12-16(13-20(32-5-2)23(17)33-6-3)14-21-24(30)28(25(31)34-21)15-22(29)27-19-11-8-7-10-18(19)26/h4,7-8,10-14H,1,5-6,9,15H2,2-3H3,(H,27,29)/b21-14+. The van der Waals surface area contributed by atoms with Gasteiger partial charge in [-0.15, -0.1) is 6.58 Å². The van der Waals surface area contributed by atoms with E-state index in [1.165, 1.54) is 0 Å². The minimum atomic E-state index is -0.540. The number of nitrogens with one attached hydrogen (secondary N) is 1. The lowest BCUT2D eigenvalue weighted by Gasteiger charge is -2.16. The number of benzene rings is 2. The molecule has 7 nitrogen and oxygen atoms in total. The highest BCUT2D eigenvalue weighted by Crippen LogP contribution is 2.37. The normalized spacial score (nSPS) is 14.4. The smallest absolute Gasteiger partial charge is 0.294 e. The summed E-state index contributed by atoms with van der Waals surface area (Å²) in [6, 6.07) is 10.4. The maximum absolute atomic E-state index is 12.9. The summed E-state index contributed by atoms with van der Waals surface area (Å²) >= 11 is 6.84. The maximum Gasteiger partial charge on any atom is 0.294 e. The van der Waals surface area contributed by atoms with E-state index in [1.54, 1.807) is 42.5 Å². The average Bonchev–Trinajstić information content (AvgIpc) is 3.05. The molecule has 9 heteroatoms. The molecule has 34 heavy (non-hydrogen) atoms. The first kappa shape index (κ1) is 25.4. The van der Waals surface area contributed by atoms with Crippen LogP contribution in [0.4, 0.5) is 10.5 Å². The summed E-state index contributed by atoms with van der Waals surface area (Å²) in [5, 5.41) is 2.46. The fourth-order valence-corrected chi connectivity index (χ4v) is 4.35. The molecule has 0 bridgehead atoms. The van der Waals surface area contributed by atoms with Crippen molar-refractivity contribution in [1.29, 1.82) is 0 Å². The Balaban J connectivity index is 1.83. The van der Waals surface area contributed by atoms with Gasteiger partial charge in [0.15, 0.2) is 11.5 Å². The second kappa shape index (κ2) is 11.8. The van der Waals surface area contributed by atoms with Gasteiger partial charge in [-0.1, -0.05) is 29.8 Å². The zero-order chi connectivity index (χ0) is 24.7. The topological polar surface area (TPSA) is 84.9 Å². The van der Waals surface area contributed by atoms with E-state index in [-0.39, 0.29) is 4.91 Å². The van der Waals surface area contributed by atoms with Crippen LogP contribution in [-0.2, 0) is 16.0 Å². The van der Waals surface area contributed by atoms with E-state index in [1.807, 2.05) is 19.9 Å². The highest BCUT2D eigenvalue weighted by Gasteiger charge is 2.36. The fourth-order valence-electron chi connectivity index (χ4n) is 3.33. The molecule has 178 valence electrons. The van der Waals surface area contributed by atoms with Crippen molar-refractivity contribution in [3.8, 4) is 11.5 Å². The van der Waals surface area contributed by atoms with E-state index in [9.17, 15) is 14.4 Å². The Labute approximate surface area is 207 Å². The number of allylic oxidation sites excluding steroid dienone is 1. The number of rotatable bonds is 10. The monoisotopic (exact) mass is 500 g/mol. The van der Waals surface area contributed by atoms with E-state index in [2.05, 4.69) is 11.9 Å². The van der Waals surface area contributed by atoms with Crippen LogP contribution >= 0.6 is 23.4 Å². The van der Waals surface area contributed by atoms with Gasteiger partial charge in [0.05, 0.1) is 28.8 Å². The minimum absolute atomic E-state index is 0.215. The second-order valence-electron chi connectivity index (χ2n) is 7.16. The van der Waals surface area contributed by atoms with Gasteiger partial charge in [-0.25, -0.2) is 0 Å². The number of carbonyl (C=O) groups is 3. The molecule has 2 aromatic rings. The number of imide groups is 1. The van der Waals surface area contributed by atoms with Gasteiger partial charge in [-0.05, 0) is 67.9 Å². The Morgan fingerprint density at radius 3 is 2.59 bits per heavy atom. The van der Waals surface area contributed by atoms with Crippen LogP contribution in [0.15, 0.2) is 54.0 Å². The number of para-hydroxylation sites is 1. The Bertz CT molecular complexity index is 1150. The third-order valence-electron chi connectivity index (χ3n) is 4.73. The predicted molar refractivity (Wildman–Crippen MR) is 135 cm³/mol. The van der Waals surface area contributed by atoms with Gasteiger partial charge in [0.2, 0.25) is 5.91 Å². The van der Waals surface area contributed by atoms with Crippen LogP contribution in [0.5, 0.6) is 11.5 Å². The molecule has 1 aliphatic rings. The van der Waals surface area contributed by atoms with Gasteiger partial charge in [-0.3, -0.25) is 19.3 Å². The number of nitrogens with zero attached hydrogens (tertiary/aromatic N) is 1. The average molecular weight is 501 g/mol. The first-order chi connectivity index (χ1) is 16.4. The largest absolute Gasteiger partial charge is 0.490 e. The molecular weight excluding hydrogens is 476 g/mol. The zero-order valence-electron chi connectivity index (χ0n) is 18.9. The van der Waals surface area contributed by atoms with Crippen LogP contribution in [0.3, 0.4) is 0 Å². The number of hydrogen-bond donors (Lipinski definition) is 1. The molecule has 1 saturated heterocycles. The number of hydrogen-bond acceptors (Lipinski definition) is 6. The first-order valence-electron chi connectivity index (χ1n) is 10.7. The molecule has 1 aliphatic heterocycles. The van der Waals surface area contributed by atoms with Gasteiger partial charge in [-0.2, -0.15) is 0 Å². The summed E-state index contributed by atoms with van der Waals surface area (Å²) in [6.45, 7) is 8.05. The van der Waals surface area contributed by atoms with Gasteiger partial charge >= 0.3 is 0 Å². The van der Waals surface area contributed by atoms with Gasteiger partial charge < -0.3 is 14.8 Å². The molecule has 0 atom stereocenters. The Hall–Kier alpha value is -3.23. The van der Waals surface area contributed by atoms with Crippen LogP contribution in [-0.4, -0.2) is 41.7 Å². The number of anilines is 1. The van der Waals surface area contributed by atoms with E-state index < -0.39 is 23.6 Å². The third-order valence-corrected chi connectivity index (χ3v) is 5.96. The summed E-state index contributed by atoms with van der Waals surface area (Å²) in [4.78, 5) is 38.9. The fraction of sp³-hybridized carbons (Fsp3) is 0.240. The highest BCUT2D eigenvalue weighted by molar-refractivity contribution is 8.18. The zero-order valence-corrected chi connectivity index (χ0v) is 20.5. The van der Waals surface area contributed by atoms with Gasteiger partial charge in [0.25, 0.3) is 11.1 Å².